The number of halogens is 3. The molecule has 0 unspecified atom stereocenters. The van der Waals surface area contributed by atoms with E-state index in [-0.39, 0.29) is 0 Å². The maximum absolute atomic E-state index is 13.2. The molecule has 0 atom stereocenters. The van der Waals surface area contributed by atoms with Crippen molar-refractivity contribution in [3.8, 4) is 0 Å². The van der Waals surface area contributed by atoms with Gasteiger partial charge in [0.25, 0.3) is 0 Å². The average molecular weight is 355 g/mol. The van der Waals surface area contributed by atoms with Crippen LogP contribution in [0.25, 0.3) is 16.5 Å². The van der Waals surface area contributed by atoms with Crippen LogP contribution in [0.15, 0.2) is 60.7 Å². The van der Waals surface area contributed by atoms with Gasteiger partial charge < -0.3 is 4.90 Å². The van der Waals surface area contributed by atoms with Crippen LogP contribution in [0.5, 0.6) is 0 Å². The molecule has 1 aliphatic rings. The highest BCUT2D eigenvalue weighted by Crippen LogP contribution is 2.33. The number of hydrogen-bond donors (Lipinski definition) is 0. The molecule has 2 aromatic carbocycles. The topological polar surface area (TPSA) is 29.0 Å². The van der Waals surface area contributed by atoms with Crippen LogP contribution in [0.4, 0.5) is 19.0 Å². The van der Waals surface area contributed by atoms with Crippen molar-refractivity contribution in [2.24, 2.45) is 0 Å². The third kappa shape index (κ3) is 3.14. The Morgan fingerprint density at radius 1 is 0.885 bits per heavy atom. The molecule has 0 saturated carbocycles. The van der Waals surface area contributed by atoms with Crippen LogP contribution in [-0.2, 0) is 6.18 Å². The van der Waals surface area contributed by atoms with Gasteiger partial charge in [0, 0.05) is 18.5 Å². The molecule has 1 aliphatic heterocycles. The smallest absolute Gasteiger partial charge is 0.352 e. The summed E-state index contributed by atoms with van der Waals surface area (Å²) in [5, 5.41) is 0.636. The second-order valence-corrected chi connectivity index (χ2v) is 6.18. The normalized spacial score (nSPS) is 15.2. The summed E-state index contributed by atoms with van der Waals surface area (Å²) in [5.41, 5.74) is 2.66. The van der Waals surface area contributed by atoms with E-state index in [4.69, 9.17) is 0 Å². The molecule has 0 aliphatic carbocycles. The Bertz CT molecular complexity index is 965. The summed E-state index contributed by atoms with van der Waals surface area (Å²) in [6.45, 7) is 1.13. The number of fused-ring (bicyclic) bond motifs is 1. The standard InChI is InChI=1S/C20H16F3N3/c21-20(22,23)19-24-17-9-5-4-8-16(17)18(25-19)26-12-10-15(11-13-26)14-6-2-1-3-7-14/h1-10H,11-13H2. The van der Waals surface area contributed by atoms with Gasteiger partial charge in [0.15, 0.2) is 0 Å². The van der Waals surface area contributed by atoms with Gasteiger partial charge in [0.1, 0.15) is 5.82 Å². The Labute approximate surface area is 148 Å². The molecular formula is C20H16F3N3. The van der Waals surface area contributed by atoms with Crippen LogP contribution in [0.2, 0.25) is 0 Å². The Morgan fingerprint density at radius 3 is 2.31 bits per heavy atom. The van der Waals surface area contributed by atoms with Crippen LogP contribution >= 0.6 is 0 Å². The fourth-order valence-corrected chi connectivity index (χ4v) is 3.20. The minimum absolute atomic E-state index is 0.308. The second-order valence-electron chi connectivity index (χ2n) is 6.18. The van der Waals surface area contributed by atoms with E-state index in [1.54, 1.807) is 24.3 Å². The van der Waals surface area contributed by atoms with Gasteiger partial charge in [-0.2, -0.15) is 13.2 Å². The number of para-hydroxylation sites is 1. The van der Waals surface area contributed by atoms with Crippen LogP contribution < -0.4 is 4.90 Å². The van der Waals surface area contributed by atoms with Crippen molar-refractivity contribution in [3.63, 3.8) is 0 Å². The number of hydrogen-bond acceptors (Lipinski definition) is 3. The zero-order valence-corrected chi connectivity index (χ0v) is 13.9. The van der Waals surface area contributed by atoms with E-state index in [1.165, 1.54) is 5.57 Å². The molecular weight excluding hydrogens is 339 g/mol. The quantitative estimate of drug-likeness (QED) is 0.652. The molecule has 132 valence electrons. The van der Waals surface area contributed by atoms with Gasteiger partial charge in [0.05, 0.1) is 5.52 Å². The highest BCUT2D eigenvalue weighted by molar-refractivity contribution is 5.90. The van der Waals surface area contributed by atoms with E-state index in [0.717, 1.165) is 12.0 Å². The first-order chi connectivity index (χ1) is 12.5. The largest absolute Gasteiger partial charge is 0.451 e. The highest BCUT2D eigenvalue weighted by Gasteiger charge is 2.36. The summed E-state index contributed by atoms with van der Waals surface area (Å²) < 4.78 is 39.6. The first-order valence-electron chi connectivity index (χ1n) is 8.36. The molecule has 1 aromatic heterocycles. The Morgan fingerprint density at radius 2 is 1.62 bits per heavy atom. The number of nitrogens with zero attached hydrogens (tertiary/aromatic N) is 3. The van der Waals surface area contributed by atoms with Gasteiger partial charge in [0.2, 0.25) is 5.82 Å². The minimum atomic E-state index is -4.57. The number of aromatic nitrogens is 2. The zero-order chi connectivity index (χ0) is 18.1. The van der Waals surface area contributed by atoms with Crippen molar-refractivity contribution >= 4 is 22.3 Å². The van der Waals surface area contributed by atoms with E-state index >= 15 is 0 Å². The molecule has 0 bridgehead atoms. The van der Waals surface area contributed by atoms with Gasteiger partial charge in [-0.15, -0.1) is 0 Å². The van der Waals surface area contributed by atoms with E-state index in [0.29, 0.717) is 29.8 Å². The predicted molar refractivity (Wildman–Crippen MR) is 95.8 cm³/mol. The van der Waals surface area contributed by atoms with Crippen molar-refractivity contribution in [3.05, 3.63) is 72.1 Å². The molecule has 2 heterocycles. The molecule has 3 aromatic rings. The molecule has 0 spiro atoms. The summed E-state index contributed by atoms with van der Waals surface area (Å²) in [6, 6.07) is 16.8. The lowest BCUT2D eigenvalue weighted by Gasteiger charge is -2.29. The van der Waals surface area contributed by atoms with E-state index < -0.39 is 12.0 Å². The number of benzene rings is 2. The van der Waals surface area contributed by atoms with Crippen LogP contribution in [0.1, 0.15) is 17.8 Å². The summed E-state index contributed by atoms with van der Waals surface area (Å²) in [6.07, 6.45) is -1.76. The molecule has 26 heavy (non-hydrogen) atoms. The van der Waals surface area contributed by atoms with E-state index in [2.05, 4.69) is 16.0 Å². The molecule has 3 nitrogen and oxygen atoms in total. The molecule has 0 radical (unpaired) electrons. The summed E-state index contributed by atoms with van der Waals surface area (Å²) in [5.74, 6) is -0.754. The summed E-state index contributed by atoms with van der Waals surface area (Å²) >= 11 is 0. The van der Waals surface area contributed by atoms with Crippen LogP contribution in [0, 0.1) is 0 Å². The highest BCUT2D eigenvalue weighted by atomic mass is 19.4. The lowest BCUT2D eigenvalue weighted by molar-refractivity contribution is -0.144. The van der Waals surface area contributed by atoms with Gasteiger partial charge in [-0.1, -0.05) is 48.5 Å². The van der Waals surface area contributed by atoms with Crippen molar-refractivity contribution in [1.82, 2.24) is 9.97 Å². The van der Waals surface area contributed by atoms with Crippen molar-refractivity contribution in [2.75, 3.05) is 18.0 Å². The fraction of sp³-hybridized carbons (Fsp3) is 0.200. The van der Waals surface area contributed by atoms with Gasteiger partial charge >= 0.3 is 6.18 Å². The Kier molecular flexibility index (Phi) is 4.11. The monoisotopic (exact) mass is 355 g/mol. The number of anilines is 1. The van der Waals surface area contributed by atoms with Crippen LogP contribution in [0.3, 0.4) is 0 Å². The molecule has 0 N–H and O–H groups in total. The molecule has 0 amide bonds. The van der Waals surface area contributed by atoms with Gasteiger partial charge in [-0.25, -0.2) is 9.97 Å². The molecule has 6 heteroatoms. The Balaban J connectivity index is 1.72. The lowest BCUT2D eigenvalue weighted by atomic mass is 9.99. The predicted octanol–water partition coefficient (Wildman–Crippen LogP) is 4.94. The van der Waals surface area contributed by atoms with Gasteiger partial charge in [-0.3, -0.25) is 0 Å². The molecule has 0 fully saturated rings. The summed E-state index contributed by atoms with van der Waals surface area (Å²) in [4.78, 5) is 9.42. The molecule has 4 rings (SSSR count). The van der Waals surface area contributed by atoms with Crippen molar-refractivity contribution < 1.29 is 13.2 Å². The zero-order valence-electron chi connectivity index (χ0n) is 13.9. The third-order valence-electron chi connectivity index (χ3n) is 4.49. The SMILES string of the molecule is FC(F)(F)c1nc(N2CC=C(c3ccccc3)CC2)c2ccccc2n1. The van der Waals surface area contributed by atoms with Gasteiger partial charge in [-0.05, 0) is 29.7 Å². The number of rotatable bonds is 2. The third-order valence-corrected chi connectivity index (χ3v) is 4.49. The molecule has 0 saturated heterocycles. The van der Waals surface area contributed by atoms with Crippen molar-refractivity contribution in [1.29, 1.82) is 0 Å². The maximum atomic E-state index is 13.2. The fourth-order valence-electron chi connectivity index (χ4n) is 3.20. The maximum Gasteiger partial charge on any atom is 0.451 e. The van der Waals surface area contributed by atoms with Crippen LogP contribution in [-0.4, -0.2) is 23.1 Å². The summed E-state index contributed by atoms with van der Waals surface area (Å²) in [7, 11) is 0. The minimum Gasteiger partial charge on any atom is -0.352 e. The first-order valence-corrected chi connectivity index (χ1v) is 8.36. The first kappa shape index (κ1) is 16.6. The second kappa shape index (κ2) is 6.44. The average Bonchev–Trinajstić information content (AvgIpc) is 2.67. The van der Waals surface area contributed by atoms with E-state index in [9.17, 15) is 13.2 Å². The Hall–Kier alpha value is -2.89. The number of alkyl halides is 3. The lowest BCUT2D eigenvalue weighted by Crippen LogP contribution is -2.30. The van der Waals surface area contributed by atoms with Crippen molar-refractivity contribution in [2.45, 2.75) is 12.6 Å². The van der Waals surface area contributed by atoms with E-state index in [1.807, 2.05) is 35.2 Å².